The van der Waals surface area contributed by atoms with Crippen LogP contribution in [-0.4, -0.2) is 30.2 Å². The van der Waals surface area contributed by atoms with Crippen molar-refractivity contribution in [3.05, 3.63) is 48.2 Å². The summed E-state index contributed by atoms with van der Waals surface area (Å²) in [5.74, 6) is 0.839. The first kappa shape index (κ1) is 15.9. The molecular weight excluding hydrogens is 306 g/mol. The molecule has 1 aromatic heterocycles. The van der Waals surface area contributed by atoms with Crippen molar-refractivity contribution < 1.29 is 4.79 Å². The summed E-state index contributed by atoms with van der Waals surface area (Å²) in [5.41, 5.74) is 1.39. The lowest BCUT2D eigenvalue weighted by Crippen LogP contribution is -2.30. The van der Waals surface area contributed by atoms with E-state index in [9.17, 15) is 4.79 Å². The van der Waals surface area contributed by atoms with Gasteiger partial charge in [-0.15, -0.1) is 11.8 Å². The first-order chi connectivity index (χ1) is 11.3. The van der Waals surface area contributed by atoms with Gasteiger partial charge in [0, 0.05) is 29.9 Å². The normalized spacial score (nSPS) is 14.6. The number of aromatic nitrogens is 1. The van der Waals surface area contributed by atoms with Gasteiger partial charge in [0.2, 0.25) is 0 Å². The molecule has 0 aliphatic carbocycles. The molecule has 1 N–H and O–H groups in total. The molecule has 4 nitrogen and oxygen atoms in total. The number of benzene rings is 1. The Morgan fingerprint density at radius 3 is 2.70 bits per heavy atom. The minimum absolute atomic E-state index is 0.124. The Bertz CT molecular complexity index is 666. The van der Waals surface area contributed by atoms with Crippen molar-refractivity contribution in [1.82, 2.24) is 4.98 Å². The lowest BCUT2D eigenvalue weighted by atomic mass is 10.1. The number of amides is 1. The summed E-state index contributed by atoms with van der Waals surface area (Å²) in [6.07, 6.45) is 7.42. The number of pyridine rings is 1. The molecule has 120 valence electrons. The second kappa shape index (κ2) is 7.51. The smallest absolute Gasteiger partial charge is 0.257 e. The third kappa shape index (κ3) is 4.05. The van der Waals surface area contributed by atoms with E-state index in [-0.39, 0.29) is 5.91 Å². The van der Waals surface area contributed by atoms with Gasteiger partial charge in [0.15, 0.2) is 0 Å². The SMILES string of the molecule is CSc1cccc(NC(=O)c2ccc(N3CCCCC3)nc2)c1. The molecule has 1 aliphatic heterocycles. The second-order valence-corrected chi connectivity index (χ2v) is 6.52. The van der Waals surface area contributed by atoms with Crippen LogP contribution in [0.25, 0.3) is 0 Å². The van der Waals surface area contributed by atoms with Gasteiger partial charge in [-0.2, -0.15) is 0 Å². The van der Waals surface area contributed by atoms with Crippen molar-refractivity contribution in [1.29, 1.82) is 0 Å². The summed E-state index contributed by atoms with van der Waals surface area (Å²) >= 11 is 1.65. The Balaban J connectivity index is 1.67. The number of carbonyl (C=O) groups excluding carboxylic acids is 1. The molecular formula is C18H21N3OS. The number of thioether (sulfide) groups is 1. The van der Waals surface area contributed by atoms with Crippen molar-refractivity contribution >= 4 is 29.2 Å². The third-order valence-corrected chi connectivity index (χ3v) is 4.74. The summed E-state index contributed by atoms with van der Waals surface area (Å²) < 4.78 is 0. The number of hydrogen-bond acceptors (Lipinski definition) is 4. The summed E-state index contributed by atoms with van der Waals surface area (Å²) in [7, 11) is 0. The number of rotatable bonds is 4. The fourth-order valence-electron chi connectivity index (χ4n) is 2.73. The maximum absolute atomic E-state index is 12.3. The second-order valence-electron chi connectivity index (χ2n) is 5.64. The minimum atomic E-state index is -0.124. The molecule has 1 saturated heterocycles. The van der Waals surface area contributed by atoms with Crippen LogP contribution < -0.4 is 10.2 Å². The predicted molar refractivity (Wildman–Crippen MR) is 96.5 cm³/mol. The van der Waals surface area contributed by atoms with E-state index >= 15 is 0 Å². The predicted octanol–water partition coefficient (Wildman–Crippen LogP) is 4.05. The summed E-state index contributed by atoms with van der Waals surface area (Å²) in [4.78, 5) is 20.2. The summed E-state index contributed by atoms with van der Waals surface area (Å²) in [6.45, 7) is 2.11. The fraction of sp³-hybridized carbons (Fsp3) is 0.333. The van der Waals surface area contributed by atoms with Crippen LogP contribution in [0.5, 0.6) is 0 Å². The van der Waals surface area contributed by atoms with E-state index < -0.39 is 0 Å². The minimum Gasteiger partial charge on any atom is -0.357 e. The van der Waals surface area contributed by atoms with Crippen LogP contribution in [0, 0.1) is 0 Å². The molecule has 0 unspecified atom stereocenters. The number of piperidine rings is 1. The van der Waals surface area contributed by atoms with Gasteiger partial charge in [-0.3, -0.25) is 4.79 Å². The van der Waals surface area contributed by atoms with Gasteiger partial charge in [-0.1, -0.05) is 6.07 Å². The third-order valence-electron chi connectivity index (χ3n) is 4.02. The molecule has 1 fully saturated rings. The van der Waals surface area contributed by atoms with Crippen LogP contribution in [0.4, 0.5) is 11.5 Å². The van der Waals surface area contributed by atoms with E-state index in [0.29, 0.717) is 5.56 Å². The molecule has 2 heterocycles. The summed E-state index contributed by atoms with van der Waals surface area (Å²) in [6, 6.07) is 11.6. The number of carbonyl (C=O) groups is 1. The molecule has 1 amide bonds. The molecule has 5 heteroatoms. The Morgan fingerprint density at radius 1 is 1.17 bits per heavy atom. The average molecular weight is 327 g/mol. The van der Waals surface area contributed by atoms with Crippen molar-refractivity contribution in [2.45, 2.75) is 24.2 Å². The van der Waals surface area contributed by atoms with E-state index in [4.69, 9.17) is 0 Å². The van der Waals surface area contributed by atoms with Crippen LogP contribution in [0.2, 0.25) is 0 Å². The highest BCUT2D eigenvalue weighted by Crippen LogP contribution is 2.20. The highest BCUT2D eigenvalue weighted by molar-refractivity contribution is 7.98. The van der Waals surface area contributed by atoms with Crippen LogP contribution in [0.15, 0.2) is 47.5 Å². The zero-order chi connectivity index (χ0) is 16.1. The highest BCUT2D eigenvalue weighted by atomic mass is 32.2. The van der Waals surface area contributed by atoms with Gasteiger partial charge >= 0.3 is 0 Å². The standard InChI is InChI=1S/C18H21N3OS/c1-23-16-7-5-6-15(12-16)20-18(22)14-8-9-17(19-13-14)21-10-3-2-4-11-21/h5-9,12-13H,2-4,10-11H2,1H3,(H,20,22). The lowest BCUT2D eigenvalue weighted by Gasteiger charge is -2.27. The fourth-order valence-corrected chi connectivity index (χ4v) is 3.19. The number of anilines is 2. The van der Waals surface area contributed by atoms with E-state index in [0.717, 1.165) is 29.5 Å². The Kier molecular flexibility index (Phi) is 5.18. The zero-order valence-electron chi connectivity index (χ0n) is 13.3. The molecule has 0 bridgehead atoms. The molecule has 1 aromatic carbocycles. The molecule has 23 heavy (non-hydrogen) atoms. The quantitative estimate of drug-likeness (QED) is 0.861. The van der Waals surface area contributed by atoms with Crippen LogP contribution in [0.1, 0.15) is 29.6 Å². The molecule has 2 aromatic rings. The van der Waals surface area contributed by atoms with Gasteiger partial charge in [-0.25, -0.2) is 4.98 Å². The van der Waals surface area contributed by atoms with Crippen molar-refractivity contribution in [3.8, 4) is 0 Å². The average Bonchev–Trinajstić information content (AvgIpc) is 2.63. The molecule has 3 rings (SSSR count). The van der Waals surface area contributed by atoms with Crippen LogP contribution in [0.3, 0.4) is 0 Å². The van der Waals surface area contributed by atoms with Gasteiger partial charge < -0.3 is 10.2 Å². The topological polar surface area (TPSA) is 45.2 Å². The molecule has 0 saturated carbocycles. The highest BCUT2D eigenvalue weighted by Gasteiger charge is 2.13. The Hall–Kier alpha value is -2.01. The van der Waals surface area contributed by atoms with Crippen LogP contribution in [-0.2, 0) is 0 Å². The number of nitrogens with one attached hydrogen (secondary N) is 1. The molecule has 0 atom stereocenters. The van der Waals surface area contributed by atoms with Gasteiger partial charge in [0.1, 0.15) is 5.82 Å². The van der Waals surface area contributed by atoms with Crippen molar-refractivity contribution in [2.75, 3.05) is 29.6 Å². The number of nitrogens with zero attached hydrogens (tertiary/aromatic N) is 2. The first-order valence-corrected chi connectivity index (χ1v) is 9.15. The van der Waals surface area contributed by atoms with Crippen molar-refractivity contribution in [2.24, 2.45) is 0 Å². The maximum atomic E-state index is 12.3. The lowest BCUT2D eigenvalue weighted by molar-refractivity contribution is 0.102. The zero-order valence-corrected chi connectivity index (χ0v) is 14.1. The summed E-state index contributed by atoms with van der Waals surface area (Å²) in [5, 5.41) is 2.93. The maximum Gasteiger partial charge on any atom is 0.257 e. The van der Waals surface area contributed by atoms with E-state index in [1.165, 1.54) is 19.3 Å². The van der Waals surface area contributed by atoms with E-state index in [1.54, 1.807) is 18.0 Å². The largest absolute Gasteiger partial charge is 0.357 e. The Labute approximate surface area is 141 Å². The van der Waals surface area contributed by atoms with Crippen LogP contribution >= 0.6 is 11.8 Å². The first-order valence-electron chi connectivity index (χ1n) is 7.93. The van der Waals surface area contributed by atoms with Gasteiger partial charge in [0.25, 0.3) is 5.91 Å². The van der Waals surface area contributed by atoms with Gasteiger partial charge in [-0.05, 0) is 55.9 Å². The Morgan fingerprint density at radius 2 is 2.00 bits per heavy atom. The van der Waals surface area contributed by atoms with E-state index in [2.05, 4.69) is 15.2 Å². The monoisotopic (exact) mass is 327 g/mol. The van der Waals surface area contributed by atoms with E-state index in [1.807, 2.05) is 42.7 Å². The van der Waals surface area contributed by atoms with Gasteiger partial charge in [0.05, 0.1) is 5.56 Å². The molecule has 0 spiro atoms. The van der Waals surface area contributed by atoms with Crippen molar-refractivity contribution in [3.63, 3.8) is 0 Å². The molecule has 0 radical (unpaired) electrons. The molecule has 1 aliphatic rings. The number of hydrogen-bond donors (Lipinski definition) is 1.